The number of Topliss-reactive ketones (excluding diaryl/α,β-unsaturated/α-hetero) is 1. The normalized spacial score (nSPS) is 16.5. The number of ketones is 1. The Morgan fingerprint density at radius 2 is 1.96 bits per heavy atom. The van der Waals surface area contributed by atoms with Gasteiger partial charge in [0.25, 0.3) is 5.69 Å². The molecule has 0 aromatic heterocycles. The van der Waals surface area contributed by atoms with E-state index in [0.29, 0.717) is 11.3 Å². The van der Waals surface area contributed by atoms with Crippen LogP contribution in [0.4, 0.5) is 11.4 Å². The summed E-state index contributed by atoms with van der Waals surface area (Å²) in [6, 6.07) is 16.7. The first kappa shape index (κ1) is 17.8. The Hall–Kier alpha value is -3.99. The smallest absolute Gasteiger partial charge is 0.271 e. The van der Waals surface area contributed by atoms with Crippen LogP contribution in [0.15, 0.2) is 71.1 Å². The highest BCUT2D eigenvalue weighted by Gasteiger charge is 2.35. The van der Waals surface area contributed by atoms with E-state index in [-0.39, 0.29) is 28.6 Å². The minimum Gasteiger partial charge on any atom is -0.383 e. The zero-order valence-corrected chi connectivity index (χ0v) is 14.4. The van der Waals surface area contributed by atoms with E-state index in [2.05, 4.69) is 11.2 Å². The molecule has 0 amide bonds. The van der Waals surface area contributed by atoms with Crippen LogP contribution in [0.2, 0.25) is 0 Å². The van der Waals surface area contributed by atoms with Gasteiger partial charge in [-0.2, -0.15) is 10.4 Å². The summed E-state index contributed by atoms with van der Waals surface area (Å²) in [7, 11) is 0. The predicted octanol–water partition coefficient (Wildman–Crippen LogP) is 2.84. The Morgan fingerprint density at radius 3 is 2.56 bits per heavy atom. The zero-order chi connectivity index (χ0) is 19.6. The van der Waals surface area contributed by atoms with Crippen molar-refractivity contribution in [2.75, 3.05) is 5.01 Å². The number of nitrogens with zero attached hydrogens (tertiary/aromatic N) is 4. The molecule has 0 radical (unpaired) electrons. The Labute approximate surface area is 155 Å². The SMILES string of the molecule is CC(=O)C1=NN(c2cccc([N+](=O)[O-])c2)C(N)=C(C#N)C1c1ccccc1. The lowest BCUT2D eigenvalue weighted by Crippen LogP contribution is -2.36. The van der Waals surface area contributed by atoms with Gasteiger partial charge in [0.15, 0.2) is 5.78 Å². The zero-order valence-electron chi connectivity index (χ0n) is 14.4. The second-order valence-electron chi connectivity index (χ2n) is 5.88. The molecule has 1 aliphatic heterocycles. The highest BCUT2D eigenvalue weighted by molar-refractivity contribution is 6.42. The van der Waals surface area contributed by atoms with E-state index < -0.39 is 10.8 Å². The van der Waals surface area contributed by atoms with Crippen LogP contribution in [0.1, 0.15) is 18.4 Å². The average molecular weight is 361 g/mol. The molecule has 0 saturated heterocycles. The number of nitro groups is 1. The van der Waals surface area contributed by atoms with Crippen LogP contribution < -0.4 is 10.7 Å². The summed E-state index contributed by atoms with van der Waals surface area (Å²) < 4.78 is 0. The maximum atomic E-state index is 12.3. The fourth-order valence-corrected chi connectivity index (χ4v) is 2.92. The number of anilines is 1. The molecule has 3 rings (SSSR count). The van der Waals surface area contributed by atoms with Crippen molar-refractivity contribution in [3.8, 4) is 6.07 Å². The van der Waals surface area contributed by atoms with Gasteiger partial charge in [-0.1, -0.05) is 36.4 Å². The summed E-state index contributed by atoms with van der Waals surface area (Å²) in [6.45, 7) is 1.36. The number of hydrazone groups is 1. The third-order valence-corrected chi connectivity index (χ3v) is 4.17. The number of rotatable bonds is 4. The molecule has 2 aromatic carbocycles. The van der Waals surface area contributed by atoms with E-state index in [9.17, 15) is 20.2 Å². The third kappa shape index (κ3) is 3.26. The lowest BCUT2D eigenvalue weighted by atomic mass is 9.84. The van der Waals surface area contributed by atoms with Gasteiger partial charge in [-0.15, -0.1) is 0 Å². The highest BCUT2D eigenvalue weighted by atomic mass is 16.6. The number of allylic oxidation sites excluding steroid dienone is 1. The number of hydrogen-bond acceptors (Lipinski definition) is 7. The van der Waals surface area contributed by atoms with Crippen LogP contribution in [0.5, 0.6) is 0 Å². The van der Waals surface area contributed by atoms with Gasteiger partial charge in [-0.05, 0) is 11.6 Å². The number of benzene rings is 2. The van der Waals surface area contributed by atoms with Crippen molar-refractivity contribution in [1.29, 1.82) is 5.26 Å². The van der Waals surface area contributed by atoms with Gasteiger partial charge >= 0.3 is 0 Å². The third-order valence-electron chi connectivity index (χ3n) is 4.17. The van der Waals surface area contributed by atoms with Gasteiger partial charge in [-0.3, -0.25) is 14.9 Å². The number of hydrogen-bond donors (Lipinski definition) is 1. The lowest BCUT2D eigenvalue weighted by molar-refractivity contribution is -0.384. The largest absolute Gasteiger partial charge is 0.383 e. The summed E-state index contributed by atoms with van der Waals surface area (Å²) >= 11 is 0. The molecule has 2 N–H and O–H groups in total. The summed E-state index contributed by atoms with van der Waals surface area (Å²) in [5.74, 6) is -0.986. The standard InChI is InChI=1S/C19H15N5O3/c1-12(25)18-17(13-6-3-2-4-7-13)16(11-20)19(21)23(22-18)14-8-5-9-15(10-14)24(26)27/h2-10,17H,21H2,1H3. The van der Waals surface area contributed by atoms with Crippen LogP contribution in [0.3, 0.4) is 0 Å². The predicted molar refractivity (Wildman–Crippen MR) is 99.7 cm³/mol. The topological polar surface area (TPSA) is 126 Å². The van der Waals surface area contributed by atoms with E-state index in [1.807, 2.05) is 6.07 Å². The van der Waals surface area contributed by atoms with Gasteiger partial charge in [-0.25, -0.2) is 5.01 Å². The second-order valence-corrected chi connectivity index (χ2v) is 5.88. The van der Waals surface area contributed by atoms with E-state index in [4.69, 9.17) is 5.73 Å². The Kier molecular flexibility index (Phi) is 4.68. The van der Waals surface area contributed by atoms with Crippen LogP contribution in [-0.2, 0) is 4.79 Å². The number of nitro benzene ring substituents is 1. The molecule has 1 heterocycles. The molecule has 0 spiro atoms. The molecular weight excluding hydrogens is 346 g/mol. The Morgan fingerprint density at radius 1 is 1.26 bits per heavy atom. The molecule has 134 valence electrons. The first-order valence-electron chi connectivity index (χ1n) is 8.02. The van der Waals surface area contributed by atoms with Crippen molar-refractivity contribution in [2.45, 2.75) is 12.8 Å². The Balaban J connectivity index is 2.18. The van der Waals surface area contributed by atoms with Crippen molar-refractivity contribution in [2.24, 2.45) is 10.8 Å². The molecule has 8 nitrogen and oxygen atoms in total. The van der Waals surface area contributed by atoms with Crippen LogP contribution in [0, 0.1) is 21.4 Å². The second kappa shape index (κ2) is 7.09. The lowest BCUT2D eigenvalue weighted by Gasteiger charge is -2.30. The molecule has 1 aliphatic rings. The van der Waals surface area contributed by atoms with Gasteiger partial charge in [0.1, 0.15) is 11.5 Å². The molecule has 0 bridgehead atoms. The van der Waals surface area contributed by atoms with Crippen LogP contribution in [0.25, 0.3) is 0 Å². The molecule has 1 unspecified atom stereocenters. The quantitative estimate of drug-likeness (QED) is 0.659. The van der Waals surface area contributed by atoms with Crippen LogP contribution in [-0.4, -0.2) is 16.4 Å². The van der Waals surface area contributed by atoms with E-state index >= 15 is 0 Å². The molecule has 8 heteroatoms. The van der Waals surface area contributed by atoms with Crippen molar-refractivity contribution < 1.29 is 9.72 Å². The number of non-ortho nitro benzene ring substituents is 1. The van der Waals surface area contributed by atoms with Gasteiger partial charge in [0.2, 0.25) is 0 Å². The minimum absolute atomic E-state index is 0.0249. The average Bonchev–Trinajstić information content (AvgIpc) is 2.68. The van der Waals surface area contributed by atoms with E-state index in [0.717, 1.165) is 0 Å². The maximum Gasteiger partial charge on any atom is 0.271 e. The summed E-state index contributed by atoms with van der Waals surface area (Å²) in [6.07, 6.45) is 0. The first-order valence-corrected chi connectivity index (χ1v) is 8.02. The number of nitriles is 1. The molecule has 1 atom stereocenters. The highest BCUT2D eigenvalue weighted by Crippen LogP contribution is 2.35. The van der Waals surface area contributed by atoms with Gasteiger partial charge < -0.3 is 5.73 Å². The number of carbonyl (C=O) groups is 1. The van der Waals surface area contributed by atoms with Crippen molar-refractivity contribution >= 4 is 22.9 Å². The fourth-order valence-electron chi connectivity index (χ4n) is 2.92. The molecule has 0 fully saturated rings. The Bertz CT molecular complexity index is 1020. The molecule has 0 aliphatic carbocycles. The molecule has 0 saturated carbocycles. The van der Waals surface area contributed by atoms with Gasteiger partial charge in [0.05, 0.1) is 28.2 Å². The van der Waals surface area contributed by atoms with Crippen molar-refractivity contribution in [3.05, 3.63) is 81.7 Å². The minimum atomic E-state index is -0.691. The summed E-state index contributed by atoms with van der Waals surface area (Å²) in [5, 5.41) is 26.3. The molecule has 2 aromatic rings. The molecule has 27 heavy (non-hydrogen) atoms. The van der Waals surface area contributed by atoms with Crippen LogP contribution >= 0.6 is 0 Å². The number of nitrogens with two attached hydrogens (primary N) is 1. The van der Waals surface area contributed by atoms with Crippen molar-refractivity contribution in [3.63, 3.8) is 0 Å². The number of carbonyl (C=O) groups excluding carboxylic acids is 1. The van der Waals surface area contributed by atoms with Crippen molar-refractivity contribution in [1.82, 2.24) is 0 Å². The fraction of sp³-hybridized carbons (Fsp3) is 0.105. The van der Waals surface area contributed by atoms with Gasteiger partial charge in [0, 0.05) is 19.1 Å². The van der Waals surface area contributed by atoms with E-state index in [1.54, 1.807) is 30.3 Å². The summed E-state index contributed by atoms with van der Waals surface area (Å²) in [4.78, 5) is 22.8. The first-order chi connectivity index (χ1) is 12.9. The van der Waals surface area contributed by atoms with E-state index in [1.165, 1.54) is 30.1 Å². The maximum absolute atomic E-state index is 12.3. The monoisotopic (exact) mass is 361 g/mol. The molecular formula is C19H15N5O3. The summed E-state index contributed by atoms with van der Waals surface area (Å²) in [5.41, 5.74) is 7.33.